The van der Waals surface area contributed by atoms with Crippen LogP contribution in [0.15, 0.2) is 24.3 Å². The van der Waals surface area contributed by atoms with Crippen molar-refractivity contribution >= 4 is 23.4 Å². The van der Waals surface area contributed by atoms with Gasteiger partial charge in [-0.25, -0.2) is 0 Å². The molecule has 1 heterocycles. The van der Waals surface area contributed by atoms with Gasteiger partial charge in [-0.1, -0.05) is 12.1 Å². The van der Waals surface area contributed by atoms with E-state index >= 15 is 0 Å². The van der Waals surface area contributed by atoms with Gasteiger partial charge in [0.05, 0.1) is 17.2 Å². The minimum absolute atomic E-state index is 0.00263. The van der Waals surface area contributed by atoms with Crippen molar-refractivity contribution in [2.24, 2.45) is 5.92 Å². The van der Waals surface area contributed by atoms with Crippen LogP contribution in [0.5, 0.6) is 0 Å². The summed E-state index contributed by atoms with van der Waals surface area (Å²) in [7, 11) is 0. The zero-order valence-corrected chi connectivity index (χ0v) is 13.8. The first-order valence-corrected chi connectivity index (χ1v) is 7.91. The van der Waals surface area contributed by atoms with Gasteiger partial charge in [-0.3, -0.25) is 14.4 Å². The maximum Gasteiger partial charge on any atom is 0.253 e. The first-order chi connectivity index (χ1) is 10.9. The van der Waals surface area contributed by atoms with E-state index in [-0.39, 0.29) is 36.1 Å². The van der Waals surface area contributed by atoms with Gasteiger partial charge in [-0.15, -0.1) is 0 Å². The van der Waals surface area contributed by atoms with Gasteiger partial charge in [0.15, 0.2) is 0 Å². The molecule has 3 amide bonds. The molecule has 2 N–H and O–H groups in total. The predicted molar refractivity (Wildman–Crippen MR) is 88.0 cm³/mol. The highest BCUT2D eigenvalue weighted by Gasteiger charge is 2.35. The summed E-state index contributed by atoms with van der Waals surface area (Å²) in [5.41, 5.74) is 0.895. The number of hydrogen-bond acceptors (Lipinski definition) is 3. The molecule has 0 saturated carbocycles. The third kappa shape index (κ3) is 3.88. The van der Waals surface area contributed by atoms with E-state index in [1.54, 1.807) is 29.2 Å². The fraction of sp³-hybridized carbons (Fsp3) is 0.471. The number of benzene rings is 1. The van der Waals surface area contributed by atoms with E-state index in [1.807, 2.05) is 20.8 Å². The van der Waals surface area contributed by atoms with Gasteiger partial charge in [0.1, 0.15) is 0 Å². The second kappa shape index (κ2) is 7.26. The second-order valence-electron chi connectivity index (χ2n) is 5.94. The molecule has 6 heteroatoms. The lowest BCUT2D eigenvalue weighted by molar-refractivity contribution is -0.129. The van der Waals surface area contributed by atoms with Crippen molar-refractivity contribution in [2.75, 3.05) is 18.4 Å². The van der Waals surface area contributed by atoms with Gasteiger partial charge < -0.3 is 15.5 Å². The number of nitrogens with one attached hydrogen (secondary N) is 2. The van der Waals surface area contributed by atoms with E-state index in [9.17, 15) is 14.4 Å². The lowest BCUT2D eigenvalue weighted by atomic mass is 10.1. The molecule has 1 atom stereocenters. The molecule has 2 rings (SSSR count). The minimum atomic E-state index is -0.382. The van der Waals surface area contributed by atoms with E-state index in [1.165, 1.54) is 0 Å². The average Bonchev–Trinajstić information content (AvgIpc) is 2.90. The Hall–Kier alpha value is -2.37. The molecule has 0 bridgehead atoms. The smallest absolute Gasteiger partial charge is 0.253 e. The summed E-state index contributed by atoms with van der Waals surface area (Å²) in [4.78, 5) is 38.1. The largest absolute Gasteiger partial charge is 0.352 e. The highest BCUT2D eigenvalue weighted by Crippen LogP contribution is 2.23. The zero-order chi connectivity index (χ0) is 17.0. The van der Waals surface area contributed by atoms with Crippen LogP contribution in [0, 0.1) is 5.92 Å². The zero-order valence-electron chi connectivity index (χ0n) is 13.8. The van der Waals surface area contributed by atoms with Crippen LogP contribution >= 0.6 is 0 Å². The normalized spacial score (nSPS) is 17.5. The molecule has 0 aliphatic carbocycles. The Kier molecular flexibility index (Phi) is 5.36. The maximum atomic E-state index is 12.4. The predicted octanol–water partition coefficient (Wildman–Crippen LogP) is 1.63. The van der Waals surface area contributed by atoms with Crippen LogP contribution in [0.1, 0.15) is 37.6 Å². The number of hydrogen-bond donors (Lipinski definition) is 2. The number of carbonyl (C=O) groups excluding carboxylic acids is 3. The Balaban J connectivity index is 2.10. The summed E-state index contributed by atoms with van der Waals surface area (Å²) in [6.07, 6.45) is 0.216. The molecule has 1 aliphatic heterocycles. The molecule has 0 unspecified atom stereocenters. The van der Waals surface area contributed by atoms with Crippen molar-refractivity contribution in [2.45, 2.75) is 33.2 Å². The molecule has 1 aromatic rings. The number of carbonyl (C=O) groups is 3. The van der Waals surface area contributed by atoms with Crippen molar-refractivity contribution in [3.8, 4) is 0 Å². The fourth-order valence-electron chi connectivity index (χ4n) is 2.69. The lowest BCUT2D eigenvalue weighted by Gasteiger charge is -2.20. The molecule has 0 radical (unpaired) electrons. The van der Waals surface area contributed by atoms with Crippen LogP contribution in [0.4, 0.5) is 5.69 Å². The summed E-state index contributed by atoms with van der Waals surface area (Å²) in [5.74, 6) is -0.836. The number of rotatable bonds is 5. The van der Waals surface area contributed by atoms with E-state index in [0.29, 0.717) is 24.3 Å². The van der Waals surface area contributed by atoms with E-state index < -0.39 is 0 Å². The monoisotopic (exact) mass is 317 g/mol. The van der Waals surface area contributed by atoms with E-state index in [2.05, 4.69) is 10.6 Å². The number of para-hydroxylation sites is 1. The molecular formula is C17H23N3O3. The molecular weight excluding hydrogens is 294 g/mol. The molecule has 1 aliphatic rings. The van der Waals surface area contributed by atoms with Crippen LogP contribution < -0.4 is 10.6 Å². The summed E-state index contributed by atoms with van der Waals surface area (Å²) in [6, 6.07) is 6.96. The van der Waals surface area contributed by atoms with Crippen molar-refractivity contribution in [1.82, 2.24) is 10.2 Å². The highest BCUT2D eigenvalue weighted by molar-refractivity contribution is 6.05. The third-order valence-electron chi connectivity index (χ3n) is 3.92. The van der Waals surface area contributed by atoms with Gasteiger partial charge in [0.2, 0.25) is 11.8 Å². The molecule has 0 spiro atoms. The SMILES string of the molecule is CCNC(=O)c1ccccc1NC(=O)[C@@H]1CC(=O)N(C(C)C)C1. The lowest BCUT2D eigenvalue weighted by Crippen LogP contribution is -2.33. The third-order valence-corrected chi connectivity index (χ3v) is 3.92. The van der Waals surface area contributed by atoms with Gasteiger partial charge in [-0.2, -0.15) is 0 Å². The minimum Gasteiger partial charge on any atom is -0.352 e. The van der Waals surface area contributed by atoms with E-state index in [0.717, 1.165) is 0 Å². The van der Waals surface area contributed by atoms with Crippen molar-refractivity contribution in [3.63, 3.8) is 0 Å². The second-order valence-corrected chi connectivity index (χ2v) is 5.94. The van der Waals surface area contributed by atoms with Gasteiger partial charge in [-0.05, 0) is 32.9 Å². The van der Waals surface area contributed by atoms with Crippen LogP contribution in [0.2, 0.25) is 0 Å². The molecule has 1 saturated heterocycles. The molecule has 1 aromatic carbocycles. The summed E-state index contributed by atoms with van der Waals surface area (Å²) in [6.45, 7) is 6.64. The Bertz CT molecular complexity index is 613. The van der Waals surface area contributed by atoms with Gasteiger partial charge in [0.25, 0.3) is 5.91 Å². The van der Waals surface area contributed by atoms with Crippen molar-refractivity contribution < 1.29 is 14.4 Å². The number of nitrogens with zero attached hydrogens (tertiary/aromatic N) is 1. The van der Waals surface area contributed by atoms with Crippen molar-refractivity contribution in [1.29, 1.82) is 0 Å². The number of anilines is 1. The highest BCUT2D eigenvalue weighted by atomic mass is 16.2. The topological polar surface area (TPSA) is 78.5 Å². The van der Waals surface area contributed by atoms with Gasteiger partial charge >= 0.3 is 0 Å². The van der Waals surface area contributed by atoms with Crippen molar-refractivity contribution in [3.05, 3.63) is 29.8 Å². The molecule has 6 nitrogen and oxygen atoms in total. The number of likely N-dealkylation sites (tertiary alicyclic amines) is 1. The first-order valence-electron chi connectivity index (χ1n) is 7.91. The van der Waals surface area contributed by atoms with E-state index in [4.69, 9.17) is 0 Å². The standard InChI is InChI=1S/C17H23N3O3/c1-4-18-17(23)13-7-5-6-8-14(13)19-16(22)12-9-15(21)20(10-12)11(2)3/h5-8,11-12H,4,9-10H2,1-3H3,(H,18,23)(H,19,22)/t12-/m1/s1. The van der Waals surface area contributed by atoms with Crippen LogP contribution in [-0.2, 0) is 9.59 Å². The average molecular weight is 317 g/mol. The Morgan fingerprint density at radius 3 is 2.61 bits per heavy atom. The van der Waals surface area contributed by atoms with Crippen LogP contribution in [-0.4, -0.2) is 41.8 Å². The number of amides is 3. The quantitative estimate of drug-likeness (QED) is 0.866. The van der Waals surface area contributed by atoms with Gasteiger partial charge in [0, 0.05) is 25.6 Å². The molecule has 1 fully saturated rings. The molecule has 0 aromatic heterocycles. The van der Waals surface area contributed by atoms with Crippen LogP contribution in [0.3, 0.4) is 0 Å². The molecule has 23 heavy (non-hydrogen) atoms. The first kappa shape index (κ1) is 17.0. The maximum absolute atomic E-state index is 12.4. The Morgan fingerprint density at radius 1 is 1.30 bits per heavy atom. The van der Waals surface area contributed by atoms with Crippen LogP contribution in [0.25, 0.3) is 0 Å². The Morgan fingerprint density at radius 2 is 2.00 bits per heavy atom. The summed E-state index contributed by atoms with van der Waals surface area (Å²) < 4.78 is 0. The molecule has 124 valence electrons. The fourth-order valence-corrected chi connectivity index (χ4v) is 2.69. The summed E-state index contributed by atoms with van der Waals surface area (Å²) in [5, 5.41) is 5.51. The summed E-state index contributed by atoms with van der Waals surface area (Å²) >= 11 is 0. The Labute approximate surface area is 136 Å².